The fourth-order valence-corrected chi connectivity index (χ4v) is 2.96. The van der Waals surface area contributed by atoms with Crippen LogP contribution in [0.4, 0.5) is 0 Å². The molecule has 1 amide bonds. The summed E-state index contributed by atoms with van der Waals surface area (Å²) in [5.74, 6) is -0.0319. The van der Waals surface area contributed by atoms with Gasteiger partial charge in [0.2, 0.25) is 0 Å². The summed E-state index contributed by atoms with van der Waals surface area (Å²) in [4.78, 5) is 25.6. The second-order valence-corrected chi connectivity index (χ2v) is 6.88. The van der Waals surface area contributed by atoms with Crippen LogP contribution in [0.1, 0.15) is 42.9 Å². The third-order valence-electron chi connectivity index (χ3n) is 4.27. The molecule has 0 bridgehead atoms. The van der Waals surface area contributed by atoms with Gasteiger partial charge in [-0.25, -0.2) is 4.68 Å². The number of rotatable bonds is 5. The van der Waals surface area contributed by atoms with Crippen molar-refractivity contribution in [2.45, 2.75) is 33.4 Å². The van der Waals surface area contributed by atoms with Gasteiger partial charge in [0.25, 0.3) is 11.5 Å². The Morgan fingerprint density at radius 1 is 1.00 bits per heavy atom. The Bertz CT molecular complexity index is 977. The number of hydrogen-bond acceptors (Lipinski definition) is 3. The predicted molar refractivity (Wildman–Crippen MR) is 103 cm³/mol. The van der Waals surface area contributed by atoms with Gasteiger partial charge in [-0.15, -0.1) is 0 Å². The lowest BCUT2D eigenvalue weighted by Crippen LogP contribution is -2.32. The van der Waals surface area contributed by atoms with Gasteiger partial charge in [0.05, 0.1) is 11.4 Å². The first-order valence-electron chi connectivity index (χ1n) is 8.83. The Morgan fingerprint density at radius 2 is 1.62 bits per heavy atom. The maximum atomic E-state index is 12.9. The van der Waals surface area contributed by atoms with Crippen LogP contribution in [-0.4, -0.2) is 15.7 Å². The molecule has 0 spiro atoms. The van der Waals surface area contributed by atoms with Crippen LogP contribution in [0.25, 0.3) is 10.8 Å². The first kappa shape index (κ1) is 17.9. The van der Waals surface area contributed by atoms with Crippen LogP contribution >= 0.6 is 0 Å². The van der Waals surface area contributed by atoms with E-state index in [9.17, 15) is 9.59 Å². The average Bonchev–Trinajstić information content (AvgIpc) is 2.64. The van der Waals surface area contributed by atoms with Gasteiger partial charge in [-0.05, 0) is 24.5 Å². The van der Waals surface area contributed by atoms with Crippen molar-refractivity contribution in [2.75, 3.05) is 0 Å². The molecule has 0 aliphatic carbocycles. The summed E-state index contributed by atoms with van der Waals surface area (Å²) in [5.41, 5.74) is 1.13. The Kier molecular flexibility index (Phi) is 5.16. The molecule has 3 aromatic rings. The number of aromatic nitrogens is 2. The highest BCUT2D eigenvalue weighted by molar-refractivity contribution is 6.04. The van der Waals surface area contributed by atoms with E-state index in [1.54, 1.807) is 18.2 Å². The molecular weight excluding hydrogens is 326 g/mol. The molecule has 0 aliphatic rings. The first-order valence-corrected chi connectivity index (χ1v) is 8.83. The summed E-state index contributed by atoms with van der Waals surface area (Å²) in [6, 6.07) is 16.7. The molecule has 134 valence electrons. The van der Waals surface area contributed by atoms with Crippen LogP contribution in [0.15, 0.2) is 59.4 Å². The molecule has 1 atom stereocenters. The summed E-state index contributed by atoms with van der Waals surface area (Å²) in [6.07, 6.45) is 0. The number of carbonyl (C=O) groups is 1. The Morgan fingerprint density at radius 3 is 2.27 bits per heavy atom. The zero-order valence-electron chi connectivity index (χ0n) is 15.3. The second-order valence-electron chi connectivity index (χ2n) is 6.88. The van der Waals surface area contributed by atoms with Gasteiger partial charge < -0.3 is 5.32 Å². The predicted octanol–water partition coefficient (Wildman–Crippen LogP) is 3.54. The van der Waals surface area contributed by atoms with E-state index in [4.69, 9.17) is 0 Å². The molecule has 0 aliphatic heterocycles. The highest BCUT2D eigenvalue weighted by Crippen LogP contribution is 2.16. The van der Waals surface area contributed by atoms with Gasteiger partial charge in [0.15, 0.2) is 5.69 Å². The van der Waals surface area contributed by atoms with Gasteiger partial charge >= 0.3 is 0 Å². The molecule has 26 heavy (non-hydrogen) atoms. The van der Waals surface area contributed by atoms with Crippen molar-refractivity contribution in [3.8, 4) is 0 Å². The molecule has 3 rings (SSSR count). The van der Waals surface area contributed by atoms with E-state index in [2.05, 4.69) is 10.4 Å². The lowest BCUT2D eigenvalue weighted by molar-refractivity contribution is 0.0934. The lowest BCUT2D eigenvalue weighted by atomic mass is 10.1. The molecule has 5 nitrogen and oxygen atoms in total. The van der Waals surface area contributed by atoms with Crippen molar-refractivity contribution in [3.05, 3.63) is 76.2 Å². The normalized spacial score (nSPS) is 12.3. The molecular formula is C21H23N3O2. The van der Waals surface area contributed by atoms with Crippen molar-refractivity contribution < 1.29 is 4.79 Å². The molecule has 1 aromatic heterocycles. The first-order chi connectivity index (χ1) is 12.5. The summed E-state index contributed by atoms with van der Waals surface area (Å²) in [6.45, 7) is 6.43. The number of carbonyl (C=O) groups excluding carboxylic acids is 1. The Hall–Kier alpha value is -2.95. The molecule has 0 fully saturated rings. The number of benzene rings is 2. The van der Waals surface area contributed by atoms with Crippen molar-refractivity contribution in [2.24, 2.45) is 5.92 Å². The second kappa shape index (κ2) is 7.52. The monoisotopic (exact) mass is 349 g/mol. The van der Waals surface area contributed by atoms with Crippen molar-refractivity contribution >= 4 is 16.7 Å². The quantitative estimate of drug-likeness (QED) is 0.766. The zero-order valence-corrected chi connectivity index (χ0v) is 15.3. The smallest absolute Gasteiger partial charge is 0.274 e. The number of fused-ring (bicyclic) bond motifs is 1. The Labute approximate surface area is 152 Å². The van der Waals surface area contributed by atoms with Crippen molar-refractivity contribution in [1.82, 2.24) is 15.1 Å². The SMILES string of the molecule is CC(C)Cn1nc(C(=O)NC(C)c2ccccc2)c2ccccc2c1=O. The molecule has 0 saturated heterocycles. The molecule has 5 heteroatoms. The third kappa shape index (κ3) is 3.67. The maximum Gasteiger partial charge on any atom is 0.274 e. The van der Waals surface area contributed by atoms with E-state index in [1.807, 2.05) is 57.2 Å². The summed E-state index contributed by atoms with van der Waals surface area (Å²) in [5, 5.41) is 8.46. The van der Waals surface area contributed by atoms with E-state index >= 15 is 0 Å². The van der Waals surface area contributed by atoms with Crippen molar-refractivity contribution in [3.63, 3.8) is 0 Å². The molecule has 1 heterocycles. The van der Waals surface area contributed by atoms with Gasteiger partial charge in [0.1, 0.15) is 0 Å². The van der Waals surface area contributed by atoms with Crippen LogP contribution in [0.5, 0.6) is 0 Å². The molecule has 0 saturated carbocycles. The Balaban J connectivity index is 2.01. The lowest BCUT2D eigenvalue weighted by Gasteiger charge is -2.16. The fraction of sp³-hybridized carbons (Fsp3) is 0.286. The zero-order chi connectivity index (χ0) is 18.7. The van der Waals surface area contributed by atoms with E-state index in [1.165, 1.54) is 4.68 Å². The molecule has 2 aromatic carbocycles. The minimum Gasteiger partial charge on any atom is -0.344 e. The van der Waals surface area contributed by atoms with Gasteiger partial charge in [-0.3, -0.25) is 9.59 Å². The number of hydrogen-bond donors (Lipinski definition) is 1. The van der Waals surface area contributed by atoms with Gasteiger partial charge in [0, 0.05) is 11.9 Å². The van der Waals surface area contributed by atoms with Crippen LogP contribution < -0.4 is 10.9 Å². The standard InChI is InChI=1S/C21H23N3O2/c1-14(2)13-24-21(26)18-12-8-7-11-17(18)19(23-24)20(25)22-15(3)16-9-5-4-6-10-16/h4-12,14-15H,13H2,1-3H3,(H,22,25). The molecule has 0 radical (unpaired) electrons. The summed E-state index contributed by atoms with van der Waals surface area (Å²) < 4.78 is 1.40. The highest BCUT2D eigenvalue weighted by Gasteiger charge is 2.19. The maximum absolute atomic E-state index is 12.9. The topological polar surface area (TPSA) is 64.0 Å². The van der Waals surface area contributed by atoms with Crippen LogP contribution in [0.2, 0.25) is 0 Å². The minimum atomic E-state index is -0.282. The number of nitrogens with zero attached hydrogens (tertiary/aromatic N) is 2. The van der Waals surface area contributed by atoms with E-state index in [0.717, 1.165) is 5.56 Å². The van der Waals surface area contributed by atoms with Crippen LogP contribution in [0.3, 0.4) is 0 Å². The summed E-state index contributed by atoms with van der Waals surface area (Å²) in [7, 11) is 0. The number of amides is 1. The van der Waals surface area contributed by atoms with E-state index < -0.39 is 0 Å². The highest BCUT2D eigenvalue weighted by atomic mass is 16.2. The average molecular weight is 349 g/mol. The van der Waals surface area contributed by atoms with Gasteiger partial charge in [-0.2, -0.15) is 5.10 Å². The van der Waals surface area contributed by atoms with E-state index in [0.29, 0.717) is 17.3 Å². The van der Waals surface area contributed by atoms with Crippen LogP contribution in [0, 0.1) is 5.92 Å². The van der Waals surface area contributed by atoms with Crippen LogP contribution in [-0.2, 0) is 6.54 Å². The van der Waals surface area contributed by atoms with Gasteiger partial charge in [-0.1, -0.05) is 62.4 Å². The fourth-order valence-electron chi connectivity index (χ4n) is 2.96. The third-order valence-corrected chi connectivity index (χ3v) is 4.27. The summed E-state index contributed by atoms with van der Waals surface area (Å²) >= 11 is 0. The number of nitrogens with one attached hydrogen (secondary N) is 1. The molecule has 1 N–H and O–H groups in total. The molecule has 1 unspecified atom stereocenters. The van der Waals surface area contributed by atoms with E-state index in [-0.39, 0.29) is 29.1 Å². The van der Waals surface area contributed by atoms with Crippen molar-refractivity contribution in [1.29, 1.82) is 0 Å². The largest absolute Gasteiger partial charge is 0.344 e. The minimum absolute atomic E-state index is 0.158.